The molecule has 45 heavy (non-hydrogen) atoms. The fraction of sp³-hybridized carbons (Fsp3) is 0.406. The van der Waals surface area contributed by atoms with E-state index in [1.165, 1.54) is 11.9 Å². The number of esters is 1. The number of carbonyl (C=O) groups is 3. The monoisotopic (exact) mass is 614 g/mol. The molecule has 0 N–H and O–H groups in total. The zero-order valence-corrected chi connectivity index (χ0v) is 25.8. The highest BCUT2D eigenvalue weighted by atomic mass is 16.5. The predicted molar refractivity (Wildman–Crippen MR) is 161 cm³/mol. The number of rotatable bonds is 7. The van der Waals surface area contributed by atoms with Crippen LogP contribution in [0.2, 0.25) is 0 Å². The lowest BCUT2D eigenvalue weighted by Crippen LogP contribution is -2.52. The number of fused-ring (bicyclic) bond motifs is 2. The Morgan fingerprint density at radius 3 is 2.49 bits per heavy atom. The molecule has 6 rings (SSSR count). The minimum atomic E-state index is -0.840. The van der Waals surface area contributed by atoms with Crippen LogP contribution in [0.5, 0.6) is 17.2 Å². The number of nitrogens with zero attached hydrogens (tertiary/aromatic N) is 6. The van der Waals surface area contributed by atoms with Crippen molar-refractivity contribution >= 4 is 28.6 Å². The van der Waals surface area contributed by atoms with Gasteiger partial charge in [0, 0.05) is 42.9 Å². The van der Waals surface area contributed by atoms with E-state index in [2.05, 4.69) is 20.4 Å². The number of benzene rings is 2. The van der Waals surface area contributed by atoms with Crippen LogP contribution in [0.3, 0.4) is 0 Å². The van der Waals surface area contributed by atoms with Crippen molar-refractivity contribution < 1.29 is 33.3 Å². The average Bonchev–Trinajstić information content (AvgIpc) is 3.51. The number of pyridine rings is 1. The van der Waals surface area contributed by atoms with Gasteiger partial charge >= 0.3 is 5.97 Å². The van der Waals surface area contributed by atoms with Gasteiger partial charge in [-0.1, -0.05) is 6.07 Å². The summed E-state index contributed by atoms with van der Waals surface area (Å²) in [5.41, 5.74) is 0.325. The maximum atomic E-state index is 13.6. The Balaban J connectivity index is 1.16. The first-order chi connectivity index (χ1) is 21.6. The number of hydrogen-bond donors (Lipinski definition) is 0. The number of para-hydroxylation sites is 1. The summed E-state index contributed by atoms with van der Waals surface area (Å²) in [7, 11) is 4.45. The molecule has 1 saturated heterocycles. The smallest absolute Gasteiger partial charge is 0.313 e. The lowest BCUT2D eigenvalue weighted by Gasteiger charge is -2.43. The van der Waals surface area contributed by atoms with Crippen molar-refractivity contribution in [2.24, 2.45) is 5.41 Å². The second kappa shape index (κ2) is 11.5. The van der Waals surface area contributed by atoms with Gasteiger partial charge in [0.1, 0.15) is 34.1 Å². The molecule has 0 atom stereocenters. The van der Waals surface area contributed by atoms with Crippen molar-refractivity contribution in [2.45, 2.75) is 45.3 Å². The summed E-state index contributed by atoms with van der Waals surface area (Å²) in [4.78, 5) is 46.7. The molecule has 13 heteroatoms. The van der Waals surface area contributed by atoms with Crippen LogP contribution in [0, 0.1) is 5.41 Å². The first-order valence-electron chi connectivity index (χ1n) is 14.6. The Kier molecular flexibility index (Phi) is 7.63. The predicted octanol–water partition coefficient (Wildman–Crippen LogP) is 3.74. The lowest BCUT2D eigenvalue weighted by atomic mass is 9.82. The molecule has 2 aliphatic rings. The topological polar surface area (TPSA) is 148 Å². The molecular formula is C32H34N6O7. The molecule has 1 fully saturated rings. The van der Waals surface area contributed by atoms with E-state index >= 15 is 0 Å². The Morgan fingerprint density at radius 2 is 1.78 bits per heavy atom. The average molecular weight is 615 g/mol. The fourth-order valence-electron chi connectivity index (χ4n) is 5.95. The maximum Gasteiger partial charge on any atom is 0.313 e. The van der Waals surface area contributed by atoms with Crippen LogP contribution < -0.4 is 14.2 Å². The van der Waals surface area contributed by atoms with Crippen LogP contribution in [0.25, 0.3) is 22.3 Å². The van der Waals surface area contributed by atoms with Crippen molar-refractivity contribution in [3.63, 3.8) is 0 Å². The molecule has 0 saturated carbocycles. The fourth-order valence-corrected chi connectivity index (χ4v) is 5.95. The van der Waals surface area contributed by atoms with Gasteiger partial charge in [0.05, 0.1) is 45.3 Å². The van der Waals surface area contributed by atoms with Crippen LogP contribution >= 0.6 is 0 Å². The first kappa shape index (κ1) is 30.0. The minimum Gasteiger partial charge on any atom is -0.496 e. The Labute approximate surface area is 259 Å². The maximum absolute atomic E-state index is 13.6. The van der Waals surface area contributed by atoms with Crippen LogP contribution in [0.4, 0.5) is 0 Å². The highest BCUT2D eigenvalue weighted by molar-refractivity contribution is 6.01. The van der Waals surface area contributed by atoms with Gasteiger partial charge in [-0.15, -0.1) is 10.2 Å². The Hall–Kier alpha value is -5.07. The summed E-state index contributed by atoms with van der Waals surface area (Å²) < 4.78 is 22.3. The summed E-state index contributed by atoms with van der Waals surface area (Å²) in [5.74, 6) is 1.25. The first-order valence-corrected chi connectivity index (χ1v) is 14.6. The third-order valence-electron chi connectivity index (χ3n) is 8.46. The quantitative estimate of drug-likeness (QED) is 0.280. The minimum absolute atomic E-state index is 0.0508. The third kappa shape index (κ3) is 5.54. The lowest BCUT2D eigenvalue weighted by molar-refractivity contribution is -0.151. The highest BCUT2D eigenvalue weighted by Crippen LogP contribution is 2.41. The van der Waals surface area contributed by atoms with Gasteiger partial charge in [0.15, 0.2) is 5.78 Å². The number of methoxy groups -OCH3 is 3. The van der Waals surface area contributed by atoms with E-state index in [0.29, 0.717) is 65.6 Å². The van der Waals surface area contributed by atoms with Gasteiger partial charge in [-0.05, 0) is 49.4 Å². The number of ether oxygens (including phenoxy) is 4. The largest absolute Gasteiger partial charge is 0.496 e. The molecule has 4 heterocycles. The van der Waals surface area contributed by atoms with Crippen molar-refractivity contribution in [3.8, 4) is 28.6 Å². The van der Waals surface area contributed by atoms with Gasteiger partial charge in [-0.2, -0.15) is 4.80 Å². The van der Waals surface area contributed by atoms with E-state index in [0.717, 1.165) is 5.39 Å². The molecular weight excluding hydrogens is 580 g/mol. The number of piperidine rings is 1. The Bertz CT molecular complexity index is 1810. The number of Topliss-reactive ketones (excluding diaryl/α,β-unsaturated/α-hetero) is 1. The number of amides is 1. The van der Waals surface area contributed by atoms with Gasteiger partial charge in [0.2, 0.25) is 5.82 Å². The van der Waals surface area contributed by atoms with Gasteiger partial charge in [0.25, 0.3) is 5.91 Å². The molecule has 1 amide bonds. The molecule has 1 spiro atoms. The normalized spacial score (nSPS) is 15.8. The summed E-state index contributed by atoms with van der Waals surface area (Å²) in [6.45, 7) is 4.47. The molecule has 4 aromatic rings. The van der Waals surface area contributed by atoms with E-state index in [-0.39, 0.29) is 36.3 Å². The molecule has 2 aromatic carbocycles. The van der Waals surface area contributed by atoms with Gasteiger partial charge < -0.3 is 23.8 Å². The van der Waals surface area contributed by atoms with Crippen molar-refractivity contribution in [1.82, 2.24) is 30.1 Å². The second-order valence-electron chi connectivity index (χ2n) is 12.0. The number of carbonyl (C=O) groups excluding carboxylic acids is 3. The van der Waals surface area contributed by atoms with Crippen molar-refractivity contribution in [1.29, 1.82) is 0 Å². The van der Waals surface area contributed by atoms with E-state index in [1.54, 1.807) is 63.3 Å². The molecule has 0 bridgehead atoms. The van der Waals surface area contributed by atoms with Crippen LogP contribution in [-0.4, -0.2) is 87.8 Å². The number of likely N-dealkylation sites (tertiary alicyclic amines) is 1. The van der Waals surface area contributed by atoms with E-state index in [1.807, 2.05) is 12.1 Å². The molecule has 0 unspecified atom stereocenters. The summed E-state index contributed by atoms with van der Waals surface area (Å²) >= 11 is 0. The van der Waals surface area contributed by atoms with Crippen molar-refractivity contribution in [2.75, 3.05) is 34.4 Å². The van der Waals surface area contributed by atoms with Crippen LogP contribution in [0.15, 0.2) is 42.5 Å². The second-order valence-corrected chi connectivity index (χ2v) is 12.0. The molecule has 13 nitrogen and oxygen atoms in total. The number of tetrazole rings is 1. The van der Waals surface area contributed by atoms with Gasteiger partial charge in [-0.25, -0.2) is 4.98 Å². The summed E-state index contributed by atoms with van der Waals surface area (Å²) in [6.07, 6.45) is 1.18. The SMILES string of the molecule is COC(=O)C(C)(C)Cn1nnc(-c2ccc3c(c2)C(=O)CC2(CCN(C(=O)c4cc(OC)c5cccc(OC)c5n4)CC2)O3)n1. The molecule has 0 radical (unpaired) electrons. The van der Waals surface area contributed by atoms with Crippen molar-refractivity contribution in [3.05, 3.63) is 53.7 Å². The Morgan fingerprint density at radius 1 is 1.02 bits per heavy atom. The van der Waals surface area contributed by atoms with Gasteiger partial charge in [-0.3, -0.25) is 14.4 Å². The van der Waals surface area contributed by atoms with E-state index in [4.69, 9.17) is 18.9 Å². The van der Waals surface area contributed by atoms with E-state index < -0.39 is 11.0 Å². The molecule has 2 aromatic heterocycles. The van der Waals surface area contributed by atoms with E-state index in [9.17, 15) is 14.4 Å². The van der Waals surface area contributed by atoms with Crippen LogP contribution in [0.1, 0.15) is 54.0 Å². The zero-order valence-electron chi connectivity index (χ0n) is 25.8. The summed E-state index contributed by atoms with van der Waals surface area (Å²) in [6, 6.07) is 12.4. The van der Waals surface area contributed by atoms with Crippen LogP contribution in [-0.2, 0) is 16.1 Å². The zero-order chi connectivity index (χ0) is 31.9. The molecule has 234 valence electrons. The third-order valence-corrected chi connectivity index (χ3v) is 8.46. The molecule has 2 aliphatic heterocycles. The number of hydrogen-bond acceptors (Lipinski definition) is 11. The number of ketones is 1. The number of aromatic nitrogens is 5. The standard InChI is InChI=1S/C32H34N6O7/c1-31(2,30(41)44-5)18-38-35-28(34-36-38)19-9-10-24-21(15-19)23(39)17-32(45-24)11-13-37(14-12-32)29(40)22-16-26(43-4)20-7-6-8-25(42-3)27(20)33-22/h6-10,15-16H,11-14,17-18H2,1-5H3. The highest BCUT2D eigenvalue weighted by Gasteiger charge is 2.44. The summed E-state index contributed by atoms with van der Waals surface area (Å²) in [5, 5.41) is 13.4. The molecule has 0 aliphatic carbocycles.